The summed E-state index contributed by atoms with van der Waals surface area (Å²) in [6.07, 6.45) is 3.84. The molecule has 1 unspecified atom stereocenters. The van der Waals surface area contributed by atoms with Gasteiger partial charge in [-0.1, -0.05) is 0 Å². The maximum absolute atomic E-state index is 9.73. The van der Waals surface area contributed by atoms with Crippen LogP contribution in [0.2, 0.25) is 0 Å². The summed E-state index contributed by atoms with van der Waals surface area (Å²) in [5.41, 5.74) is 0.848. The lowest BCUT2D eigenvalue weighted by molar-refractivity contribution is 0.172. The van der Waals surface area contributed by atoms with Crippen LogP contribution >= 0.6 is 0 Å². The Labute approximate surface area is 113 Å². The number of nitrogens with zero attached hydrogens (tertiary/aromatic N) is 1. The fraction of sp³-hybridized carbons (Fsp3) is 0.400. The van der Waals surface area contributed by atoms with Gasteiger partial charge in [0.15, 0.2) is 0 Å². The molecule has 0 fully saturated rings. The Morgan fingerprint density at radius 2 is 2.16 bits per heavy atom. The second kappa shape index (κ2) is 6.50. The lowest BCUT2D eigenvalue weighted by Gasteiger charge is -2.13. The summed E-state index contributed by atoms with van der Waals surface area (Å²) >= 11 is 0. The average molecular weight is 261 g/mol. The first-order valence-electron chi connectivity index (χ1n) is 6.40. The van der Waals surface area contributed by atoms with E-state index in [1.54, 1.807) is 26.4 Å². The first kappa shape index (κ1) is 13.8. The van der Waals surface area contributed by atoms with Gasteiger partial charge in [0.2, 0.25) is 0 Å². The Hall–Kier alpha value is -1.65. The number of rotatable bonds is 6. The number of ether oxygens (including phenoxy) is 2. The zero-order chi connectivity index (χ0) is 13.7. The Kier molecular flexibility index (Phi) is 4.71. The maximum atomic E-state index is 9.73. The second-order valence-corrected chi connectivity index (χ2v) is 4.49. The van der Waals surface area contributed by atoms with Crippen LogP contribution in [0.1, 0.15) is 25.0 Å². The molecule has 1 N–H and O–H groups in total. The van der Waals surface area contributed by atoms with E-state index >= 15 is 0 Å². The van der Waals surface area contributed by atoms with Crippen LogP contribution in [0.4, 0.5) is 0 Å². The molecule has 4 heteroatoms. The van der Waals surface area contributed by atoms with Gasteiger partial charge in [-0.15, -0.1) is 0 Å². The SMILES string of the molecule is COCCCOc1cc(C(C)O)cc2ccncc12. The van der Waals surface area contributed by atoms with Gasteiger partial charge in [-0.2, -0.15) is 0 Å². The molecule has 1 aromatic heterocycles. The third kappa shape index (κ3) is 3.43. The van der Waals surface area contributed by atoms with Crippen molar-refractivity contribution in [1.82, 2.24) is 4.98 Å². The van der Waals surface area contributed by atoms with Crippen LogP contribution in [0, 0.1) is 0 Å². The molecule has 0 spiro atoms. The quantitative estimate of drug-likeness (QED) is 0.812. The lowest BCUT2D eigenvalue weighted by atomic mass is 10.0. The van der Waals surface area contributed by atoms with Gasteiger partial charge >= 0.3 is 0 Å². The molecule has 0 saturated heterocycles. The molecule has 0 saturated carbocycles. The van der Waals surface area contributed by atoms with Crippen molar-refractivity contribution < 1.29 is 14.6 Å². The van der Waals surface area contributed by atoms with Crippen molar-refractivity contribution in [1.29, 1.82) is 0 Å². The Morgan fingerprint density at radius 3 is 2.89 bits per heavy atom. The van der Waals surface area contributed by atoms with Crippen molar-refractivity contribution in [3.05, 3.63) is 36.2 Å². The summed E-state index contributed by atoms with van der Waals surface area (Å²) in [6.45, 7) is 3.00. The van der Waals surface area contributed by atoms with Gasteiger partial charge in [-0.3, -0.25) is 4.98 Å². The Bertz CT molecular complexity index is 540. The van der Waals surface area contributed by atoms with Crippen LogP contribution in [0.15, 0.2) is 30.6 Å². The molecule has 2 aromatic rings. The van der Waals surface area contributed by atoms with E-state index < -0.39 is 6.10 Å². The molecule has 19 heavy (non-hydrogen) atoms. The zero-order valence-electron chi connectivity index (χ0n) is 11.3. The predicted octanol–water partition coefficient (Wildman–Crippen LogP) is 2.70. The number of fused-ring (bicyclic) bond motifs is 1. The molecule has 1 atom stereocenters. The van der Waals surface area contributed by atoms with Crippen LogP contribution in [-0.4, -0.2) is 30.4 Å². The van der Waals surface area contributed by atoms with Gasteiger partial charge in [0.25, 0.3) is 0 Å². The van der Waals surface area contributed by atoms with Gasteiger partial charge in [0.05, 0.1) is 12.7 Å². The fourth-order valence-electron chi connectivity index (χ4n) is 1.93. The Morgan fingerprint density at radius 1 is 1.32 bits per heavy atom. The van der Waals surface area contributed by atoms with Gasteiger partial charge in [-0.25, -0.2) is 0 Å². The van der Waals surface area contributed by atoms with E-state index in [9.17, 15) is 5.11 Å². The van der Waals surface area contributed by atoms with Gasteiger partial charge < -0.3 is 14.6 Å². The van der Waals surface area contributed by atoms with Crippen LogP contribution in [0.3, 0.4) is 0 Å². The first-order chi connectivity index (χ1) is 9.22. The Balaban J connectivity index is 2.28. The molecule has 0 aliphatic carbocycles. The molecule has 0 amide bonds. The highest BCUT2D eigenvalue weighted by Gasteiger charge is 2.08. The average Bonchev–Trinajstić information content (AvgIpc) is 2.43. The van der Waals surface area contributed by atoms with Crippen molar-refractivity contribution in [3.8, 4) is 5.75 Å². The molecule has 0 bridgehead atoms. The second-order valence-electron chi connectivity index (χ2n) is 4.49. The molecule has 2 rings (SSSR count). The number of hydrogen-bond acceptors (Lipinski definition) is 4. The topological polar surface area (TPSA) is 51.6 Å². The summed E-state index contributed by atoms with van der Waals surface area (Å²) in [5.74, 6) is 0.762. The molecule has 1 aromatic carbocycles. The number of aliphatic hydroxyl groups excluding tert-OH is 1. The highest BCUT2D eigenvalue weighted by molar-refractivity contribution is 5.88. The molecule has 1 heterocycles. The molecule has 0 aliphatic rings. The van der Waals surface area contributed by atoms with Crippen LogP contribution in [0.5, 0.6) is 5.75 Å². The number of pyridine rings is 1. The minimum atomic E-state index is -0.515. The van der Waals surface area contributed by atoms with E-state index in [4.69, 9.17) is 9.47 Å². The van der Waals surface area contributed by atoms with Gasteiger partial charge in [-0.05, 0) is 36.1 Å². The number of aliphatic hydroxyl groups is 1. The molecular weight excluding hydrogens is 242 g/mol. The van der Waals surface area contributed by atoms with Crippen molar-refractivity contribution >= 4 is 10.8 Å². The van der Waals surface area contributed by atoms with Gasteiger partial charge in [0.1, 0.15) is 5.75 Å². The van der Waals surface area contributed by atoms with E-state index in [1.165, 1.54) is 0 Å². The summed E-state index contributed by atoms with van der Waals surface area (Å²) in [4.78, 5) is 4.13. The zero-order valence-corrected chi connectivity index (χ0v) is 11.3. The molecule has 0 aliphatic heterocycles. The maximum Gasteiger partial charge on any atom is 0.129 e. The van der Waals surface area contributed by atoms with Crippen molar-refractivity contribution in [2.75, 3.05) is 20.3 Å². The third-order valence-electron chi connectivity index (χ3n) is 2.97. The monoisotopic (exact) mass is 261 g/mol. The number of methoxy groups -OCH3 is 1. The fourth-order valence-corrected chi connectivity index (χ4v) is 1.93. The minimum absolute atomic E-state index is 0.515. The van der Waals surface area contributed by atoms with Crippen LogP contribution in [0.25, 0.3) is 10.8 Å². The summed E-state index contributed by atoms with van der Waals surface area (Å²) < 4.78 is 10.8. The summed E-state index contributed by atoms with van der Waals surface area (Å²) in [7, 11) is 1.67. The standard InChI is InChI=1S/C15H19NO3/c1-11(17)13-8-12-4-5-16-10-14(12)15(9-13)19-7-3-6-18-2/h4-5,8-11,17H,3,6-7H2,1-2H3. The lowest BCUT2D eigenvalue weighted by Crippen LogP contribution is -2.03. The van der Waals surface area contributed by atoms with Crippen molar-refractivity contribution in [2.45, 2.75) is 19.4 Å². The highest BCUT2D eigenvalue weighted by atomic mass is 16.5. The van der Waals surface area contributed by atoms with E-state index in [-0.39, 0.29) is 0 Å². The summed E-state index contributed by atoms with van der Waals surface area (Å²) in [5, 5.41) is 11.7. The van der Waals surface area contributed by atoms with E-state index in [2.05, 4.69) is 4.98 Å². The third-order valence-corrected chi connectivity index (χ3v) is 2.97. The van der Waals surface area contributed by atoms with E-state index in [1.807, 2.05) is 18.2 Å². The largest absolute Gasteiger partial charge is 0.493 e. The normalized spacial score (nSPS) is 12.6. The highest BCUT2D eigenvalue weighted by Crippen LogP contribution is 2.29. The summed E-state index contributed by atoms with van der Waals surface area (Å²) in [6, 6.07) is 5.76. The molecular formula is C15H19NO3. The smallest absolute Gasteiger partial charge is 0.129 e. The first-order valence-corrected chi connectivity index (χ1v) is 6.40. The van der Waals surface area contributed by atoms with Crippen LogP contribution < -0.4 is 4.74 Å². The van der Waals surface area contributed by atoms with Crippen molar-refractivity contribution in [3.63, 3.8) is 0 Å². The predicted molar refractivity (Wildman–Crippen MR) is 74.4 cm³/mol. The van der Waals surface area contributed by atoms with Gasteiger partial charge in [0, 0.05) is 37.9 Å². The molecule has 0 radical (unpaired) electrons. The molecule has 4 nitrogen and oxygen atoms in total. The van der Waals surface area contributed by atoms with Crippen molar-refractivity contribution in [2.24, 2.45) is 0 Å². The number of benzene rings is 1. The van der Waals surface area contributed by atoms with E-state index in [0.717, 1.165) is 28.5 Å². The number of hydrogen-bond donors (Lipinski definition) is 1. The van der Waals surface area contributed by atoms with E-state index in [0.29, 0.717) is 13.2 Å². The number of aromatic nitrogens is 1. The molecule has 102 valence electrons. The minimum Gasteiger partial charge on any atom is -0.493 e. The van der Waals surface area contributed by atoms with Crippen LogP contribution in [-0.2, 0) is 4.74 Å².